The molecule has 0 atom stereocenters. The smallest absolute Gasteiger partial charge is 0.894 e. The van der Waals surface area contributed by atoms with Crippen LogP contribution in [0, 0.1) is 0 Å². The van der Waals surface area contributed by atoms with Crippen LogP contribution in [0.4, 0.5) is 0 Å². The molecule has 17 nitrogen and oxygen atoms in total. The quantitative estimate of drug-likeness (QED) is 0.240. The van der Waals surface area contributed by atoms with Crippen LogP contribution in [0.15, 0.2) is 0 Å². The molecular formula is H2Mg8O17Si4. The third-order valence-corrected chi connectivity index (χ3v) is 0. The van der Waals surface area contributed by atoms with E-state index in [4.69, 9.17) is 76.7 Å². The normalized spacial score (nSPS) is 8.28. The Bertz CT molecular complexity index is 149. The van der Waals surface area contributed by atoms with Gasteiger partial charge in [-0.3, -0.25) is 0 Å². The van der Waals surface area contributed by atoms with E-state index in [1.807, 2.05) is 0 Å². The van der Waals surface area contributed by atoms with E-state index in [-0.39, 0.29) is 190 Å². The van der Waals surface area contributed by atoms with Gasteiger partial charge in [0.25, 0.3) is 0 Å². The molecular weight excluding hydrogens is 579 g/mol. The van der Waals surface area contributed by atoms with Crippen LogP contribution in [0.5, 0.6) is 0 Å². The van der Waals surface area contributed by atoms with Gasteiger partial charge >= 0.3 is 184 Å². The Morgan fingerprint density at radius 3 is 0.207 bits per heavy atom. The van der Waals surface area contributed by atoms with Crippen LogP contribution in [-0.2, 0) is 0 Å². The van der Waals surface area contributed by atoms with E-state index in [0.29, 0.717) is 0 Å². The summed E-state index contributed by atoms with van der Waals surface area (Å²) in [7, 11) is -22.4. The molecule has 29 heteroatoms. The Kier molecular flexibility index (Phi) is 119. The molecule has 0 saturated carbocycles. The van der Waals surface area contributed by atoms with Gasteiger partial charge in [-0.25, -0.2) is 0 Å². The first-order valence-electron chi connectivity index (χ1n) is 3.27. The van der Waals surface area contributed by atoms with Crippen LogP contribution < -0.4 is 76.7 Å². The zero-order valence-electron chi connectivity index (χ0n) is 14.7. The van der Waals surface area contributed by atoms with Crippen LogP contribution in [0.1, 0.15) is 0 Å². The van der Waals surface area contributed by atoms with Crippen LogP contribution >= 0.6 is 0 Å². The molecule has 0 radical (unpaired) electrons. The first-order chi connectivity index (χ1) is 8.00. The predicted molar refractivity (Wildman–Crippen MR) is 72.7 cm³/mol. The molecule has 0 aliphatic rings. The molecule has 0 fully saturated rings. The summed E-state index contributed by atoms with van der Waals surface area (Å²) in [6.45, 7) is 0. The molecule has 29 heavy (non-hydrogen) atoms. The van der Waals surface area contributed by atoms with Crippen molar-refractivity contribution < 1.29 is 82.2 Å². The van der Waals surface area contributed by atoms with Crippen molar-refractivity contribution >= 4 is 221 Å². The molecule has 0 heterocycles. The first-order valence-corrected chi connectivity index (χ1v) is 9.80. The molecule has 0 aromatic heterocycles. The van der Waals surface area contributed by atoms with Crippen LogP contribution in [0.25, 0.3) is 0 Å². The van der Waals surface area contributed by atoms with Gasteiger partial charge in [0.15, 0.2) is 0 Å². The predicted octanol–water partition coefficient (Wildman–Crippen LogP) is -24.4. The second-order valence-corrected chi connectivity index (χ2v) is 6.00. The van der Waals surface area contributed by atoms with Gasteiger partial charge in [0.1, 0.15) is 0 Å². The number of rotatable bonds is 0. The first kappa shape index (κ1) is 83.5. The molecule has 0 unspecified atom stereocenters. The summed E-state index contributed by atoms with van der Waals surface area (Å²) in [6.07, 6.45) is 0. The number of hydrogen-bond donors (Lipinski definition) is 0. The Morgan fingerprint density at radius 1 is 0.207 bits per heavy atom. The van der Waals surface area contributed by atoms with Crippen molar-refractivity contribution in [3.63, 3.8) is 0 Å². The molecule has 0 bridgehead atoms. The third-order valence-electron chi connectivity index (χ3n) is 0. The van der Waals surface area contributed by atoms with Crippen molar-refractivity contribution in [2.45, 2.75) is 0 Å². The van der Waals surface area contributed by atoms with Crippen molar-refractivity contribution in [2.24, 2.45) is 0 Å². The summed E-state index contributed by atoms with van der Waals surface area (Å²) in [4.78, 5) is 137. The molecule has 0 saturated heterocycles. The maximum Gasteiger partial charge on any atom is 2.00 e. The van der Waals surface area contributed by atoms with Crippen molar-refractivity contribution in [1.82, 2.24) is 0 Å². The standard InChI is InChI=1S/8Mg.4O4Si.H2O/c;;;;;;;;4*1-5(2,3)4;/h;;;;;;;;;;;;1H2/q8*+2;4*-4;. The van der Waals surface area contributed by atoms with Gasteiger partial charge in [0.05, 0.1) is 0 Å². The molecule has 0 aliphatic carbocycles. The second kappa shape index (κ2) is 41.4. The summed E-state index contributed by atoms with van der Waals surface area (Å²) < 4.78 is 0. The Balaban J connectivity index is -0.00000000970. The van der Waals surface area contributed by atoms with E-state index >= 15 is 0 Å². The summed E-state index contributed by atoms with van der Waals surface area (Å²) in [6, 6.07) is 0. The average molecular weight is 581 g/mol. The molecule has 0 spiro atoms. The monoisotopic (exact) mass is 578 g/mol. The van der Waals surface area contributed by atoms with Gasteiger partial charge in [-0.2, -0.15) is 0 Å². The Morgan fingerprint density at radius 2 is 0.207 bits per heavy atom. The van der Waals surface area contributed by atoms with Crippen molar-refractivity contribution in [3.8, 4) is 0 Å². The minimum Gasteiger partial charge on any atom is -0.894 e. The molecule has 0 aliphatic heterocycles. The van der Waals surface area contributed by atoms with Gasteiger partial charge in [-0.05, 0) is 0 Å². The van der Waals surface area contributed by atoms with E-state index in [0.717, 1.165) is 0 Å². The summed E-state index contributed by atoms with van der Waals surface area (Å²) in [5.74, 6) is 0. The fourth-order valence-corrected chi connectivity index (χ4v) is 0. The van der Waals surface area contributed by atoms with Gasteiger partial charge in [0.2, 0.25) is 0 Å². The fraction of sp³-hybridized carbons (Fsp3) is 0. The molecule has 0 amide bonds. The van der Waals surface area contributed by atoms with Crippen molar-refractivity contribution in [2.75, 3.05) is 0 Å². The molecule has 0 rings (SSSR count). The van der Waals surface area contributed by atoms with E-state index < -0.39 is 36.2 Å². The van der Waals surface area contributed by atoms with Gasteiger partial charge in [0, 0.05) is 0 Å². The molecule has 0 aromatic carbocycles. The molecule has 136 valence electrons. The SMILES string of the molecule is O.[Mg+2].[Mg+2].[Mg+2].[Mg+2].[Mg+2].[Mg+2].[Mg+2].[Mg+2].[O-][Si]([O-])([O-])[O-].[O-][Si]([O-])([O-])[O-].[O-][Si]([O-])([O-])[O-].[O-][Si]([O-])([O-])[O-]. The van der Waals surface area contributed by atoms with E-state index in [1.54, 1.807) is 0 Å². The zero-order valence-corrected chi connectivity index (χ0v) is 30.0. The second-order valence-electron chi connectivity index (χ2n) is 2.00. The third kappa shape index (κ3) is 898. The Labute approximate surface area is 297 Å². The van der Waals surface area contributed by atoms with Crippen molar-refractivity contribution in [1.29, 1.82) is 0 Å². The van der Waals surface area contributed by atoms with E-state index in [2.05, 4.69) is 0 Å². The topological polar surface area (TPSA) is 400 Å². The molecule has 2 N–H and O–H groups in total. The summed E-state index contributed by atoms with van der Waals surface area (Å²) >= 11 is 0. The fourth-order valence-electron chi connectivity index (χ4n) is 0. The van der Waals surface area contributed by atoms with Gasteiger partial charge < -0.3 is 118 Å². The van der Waals surface area contributed by atoms with Gasteiger partial charge in [-0.15, -0.1) is 0 Å². The average Bonchev–Trinajstić information content (AvgIpc) is 1.62. The molecule has 0 aromatic rings. The van der Waals surface area contributed by atoms with Crippen molar-refractivity contribution in [3.05, 3.63) is 0 Å². The van der Waals surface area contributed by atoms with E-state index in [1.165, 1.54) is 0 Å². The van der Waals surface area contributed by atoms with Crippen LogP contribution in [0.2, 0.25) is 0 Å². The summed E-state index contributed by atoms with van der Waals surface area (Å²) in [5, 5.41) is 0. The minimum atomic E-state index is -5.61. The maximum atomic E-state index is 8.58. The minimum absolute atomic E-state index is 0. The van der Waals surface area contributed by atoms with Gasteiger partial charge in [-0.1, -0.05) is 0 Å². The summed E-state index contributed by atoms with van der Waals surface area (Å²) in [5.41, 5.74) is 0. The maximum absolute atomic E-state index is 8.58. The van der Waals surface area contributed by atoms with E-state index in [9.17, 15) is 0 Å². The number of hydrogen-bond acceptors (Lipinski definition) is 16. The van der Waals surface area contributed by atoms with Crippen LogP contribution in [0.3, 0.4) is 0 Å². The van der Waals surface area contributed by atoms with Crippen LogP contribution in [-0.4, -0.2) is 226 Å². The largest absolute Gasteiger partial charge is 2.00 e. The zero-order chi connectivity index (χ0) is 18.0. The Hall–Kier alpha value is 6.32.